The maximum atomic E-state index is 12.2. The van der Waals surface area contributed by atoms with Crippen LogP contribution in [-0.2, 0) is 4.79 Å². The predicted octanol–water partition coefficient (Wildman–Crippen LogP) is 2.19. The molecule has 9 nitrogen and oxygen atoms in total. The number of nitriles is 1. The van der Waals surface area contributed by atoms with Crippen LogP contribution < -0.4 is 20.3 Å². The van der Waals surface area contributed by atoms with Crippen molar-refractivity contribution in [2.75, 3.05) is 13.2 Å². The number of aromatic nitrogens is 2. The zero-order valence-electron chi connectivity index (χ0n) is 16.1. The normalized spacial score (nSPS) is 10.0. The monoisotopic (exact) mass is 405 g/mol. The van der Waals surface area contributed by atoms with E-state index in [1.165, 1.54) is 6.07 Å². The van der Waals surface area contributed by atoms with Gasteiger partial charge in [-0.15, -0.1) is 0 Å². The second-order valence-electron chi connectivity index (χ2n) is 6.03. The third-order valence-corrected chi connectivity index (χ3v) is 3.94. The van der Waals surface area contributed by atoms with Crippen LogP contribution in [-0.4, -0.2) is 35.2 Å². The zero-order valence-corrected chi connectivity index (χ0v) is 16.1. The molecule has 0 aliphatic heterocycles. The van der Waals surface area contributed by atoms with Gasteiger partial charge in [0.05, 0.1) is 23.9 Å². The Morgan fingerprint density at radius 3 is 2.60 bits per heavy atom. The van der Waals surface area contributed by atoms with Gasteiger partial charge in [-0.2, -0.15) is 10.4 Å². The molecule has 0 aliphatic carbocycles. The van der Waals surface area contributed by atoms with Gasteiger partial charge in [0, 0.05) is 11.6 Å². The van der Waals surface area contributed by atoms with Crippen LogP contribution in [0, 0.1) is 11.3 Å². The molecule has 152 valence electrons. The summed E-state index contributed by atoms with van der Waals surface area (Å²) in [5.74, 6) is -0.443. The van der Waals surface area contributed by atoms with E-state index < -0.39 is 11.8 Å². The SMILES string of the molecule is CCOc1cc(C#N)ccc1OCC(=O)NNC(=O)c1cc(-c2ccccc2)n[nH]1. The van der Waals surface area contributed by atoms with Crippen LogP contribution in [0.15, 0.2) is 54.6 Å². The van der Waals surface area contributed by atoms with Gasteiger partial charge in [0.2, 0.25) is 0 Å². The number of hydrazine groups is 1. The molecule has 0 bridgehead atoms. The van der Waals surface area contributed by atoms with Crippen LogP contribution in [0.5, 0.6) is 11.5 Å². The molecule has 0 fully saturated rings. The van der Waals surface area contributed by atoms with Gasteiger partial charge in [0.1, 0.15) is 5.69 Å². The molecule has 0 atom stereocenters. The Labute approximate surface area is 172 Å². The van der Waals surface area contributed by atoms with Gasteiger partial charge in [-0.05, 0) is 25.1 Å². The number of nitrogens with zero attached hydrogens (tertiary/aromatic N) is 2. The fourth-order valence-electron chi connectivity index (χ4n) is 2.53. The van der Waals surface area contributed by atoms with E-state index in [0.29, 0.717) is 29.4 Å². The van der Waals surface area contributed by atoms with Crippen LogP contribution in [0.1, 0.15) is 23.0 Å². The summed E-state index contributed by atoms with van der Waals surface area (Å²) in [5, 5.41) is 15.7. The summed E-state index contributed by atoms with van der Waals surface area (Å²) < 4.78 is 10.9. The summed E-state index contributed by atoms with van der Waals surface area (Å²) in [6, 6.07) is 17.6. The Morgan fingerprint density at radius 1 is 1.07 bits per heavy atom. The first-order valence-corrected chi connectivity index (χ1v) is 9.10. The van der Waals surface area contributed by atoms with E-state index in [-0.39, 0.29) is 12.3 Å². The van der Waals surface area contributed by atoms with E-state index in [2.05, 4.69) is 21.0 Å². The number of H-pyrrole nitrogens is 1. The van der Waals surface area contributed by atoms with Crippen LogP contribution >= 0.6 is 0 Å². The number of carbonyl (C=O) groups excluding carboxylic acids is 2. The standard InChI is InChI=1S/C21H19N5O4/c1-2-29-19-10-14(12-22)8-9-18(19)30-13-20(27)25-26-21(28)17-11-16(23-24-17)15-6-4-3-5-7-15/h3-11H,2,13H2,1H3,(H,23,24)(H,25,27)(H,26,28). The summed E-state index contributed by atoms with van der Waals surface area (Å²) >= 11 is 0. The number of carbonyl (C=O) groups is 2. The van der Waals surface area contributed by atoms with Crippen LogP contribution in [0.4, 0.5) is 0 Å². The summed E-state index contributed by atoms with van der Waals surface area (Å²) in [6.45, 7) is 1.82. The number of amides is 2. The van der Waals surface area contributed by atoms with Crippen molar-refractivity contribution in [1.82, 2.24) is 21.0 Å². The highest BCUT2D eigenvalue weighted by Gasteiger charge is 2.13. The quantitative estimate of drug-likeness (QED) is 0.517. The first-order chi connectivity index (χ1) is 14.6. The maximum absolute atomic E-state index is 12.2. The number of nitrogens with one attached hydrogen (secondary N) is 3. The molecule has 3 N–H and O–H groups in total. The lowest BCUT2D eigenvalue weighted by Gasteiger charge is -2.12. The van der Waals surface area contributed by atoms with Gasteiger partial charge < -0.3 is 9.47 Å². The minimum atomic E-state index is -0.571. The fraction of sp³-hybridized carbons (Fsp3) is 0.143. The van der Waals surface area contributed by atoms with Gasteiger partial charge in [-0.25, -0.2) is 0 Å². The van der Waals surface area contributed by atoms with Crippen molar-refractivity contribution in [3.8, 4) is 28.8 Å². The molecule has 1 aromatic heterocycles. The summed E-state index contributed by atoms with van der Waals surface area (Å²) in [4.78, 5) is 24.2. The van der Waals surface area contributed by atoms with Gasteiger partial charge in [-0.1, -0.05) is 30.3 Å². The Morgan fingerprint density at radius 2 is 1.87 bits per heavy atom. The lowest BCUT2D eigenvalue weighted by molar-refractivity contribution is -0.123. The second kappa shape index (κ2) is 9.75. The molecule has 30 heavy (non-hydrogen) atoms. The lowest BCUT2D eigenvalue weighted by atomic mass is 10.1. The number of hydrogen-bond donors (Lipinski definition) is 3. The largest absolute Gasteiger partial charge is 0.490 e. The average molecular weight is 405 g/mol. The van der Waals surface area contributed by atoms with E-state index in [9.17, 15) is 9.59 Å². The Bertz CT molecular complexity index is 1070. The third kappa shape index (κ3) is 5.14. The van der Waals surface area contributed by atoms with Crippen LogP contribution in [0.25, 0.3) is 11.3 Å². The van der Waals surface area contributed by atoms with Gasteiger partial charge in [0.15, 0.2) is 18.1 Å². The van der Waals surface area contributed by atoms with E-state index >= 15 is 0 Å². The number of rotatable bonds is 7. The summed E-state index contributed by atoms with van der Waals surface area (Å²) in [6.07, 6.45) is 0. The van der Waals surface area contributed by atoms with Crippen molar-refractivity contribution >= 4 is 11.8 Å². The minimum absolute atomic E-state index is 0.195. The summed E-state index contributed by atoms with van der Waals surface area (Å²) in [7, 11) is 0. The average Bonchev–Trinajstić information content (AvgIpc) is 3.28. The zero-order chi connectivity index (χ0) is 21.3. The highest BCUT2D eigenvalue weighted by Crippen LogP contribution is 2.28. The molecule has 9 heteroatoms. The second-order valence-corrected chi connectivity index (χ2v) is 6.03. The molecule has 0 saturated heterocycles. The topological polar surface area (TPSA) is 129 Å². The molecule has 0 aliphatic rings. The number of aromatic amines is 1. The molecule has 0 unspecified atom stereocenters. The molecule has 2 aromatic carbocycles. The molecule has 3 rings (SSSR count). The van der Waals surface area contributed by atoms with E-state index in [1.54, 1.807) is 25.1 Å². The fourth-order valence-corrected chi connectivity index (χ4v) is 2.53. The molecular weight excluding hydrogens is 386 g/mol. The van der Waals surface area contributed by atoms with Crippen molar-refractivity contribution in [1.29, 1.82) is 5.26 Å². The molecule has 0 spiro atoms. The number of ether oxygens (including phenoxy) is 2. The van der Waals surface area contributed by atoms with E-state index in [4.69, 9.17) is 14.7 Å². The van der Waals surface area contributed by atoms with E-state index in [0.717, 1.165) is 5.56 Å². The highest BCUT2D eigenvalue weighted by molar-refractivity contribution is 5.94. The Kier molecular flexibility index (Phi) is 6.63. The smallest absolute Gasteiger partial charge is 0.287 e. The van der Waals surface area contributed by atoms with Crippen LogP contribution in [0.2, 0.25) is 0 Å². The summed E-state index contributed by atoms with van der Waals surface area (Å²) in [5.41, 5.74) is 6.64. The molecule has 0 radical (unpaired) electrons. The molecular formula is C21H19N5O4. The first kappa shape index (κ1) is 20.4. The molecule has 1 heterocycles. The van der Waals surface area contributed by atoms with Crippen molar-refractivity contribution in [2.45, 2.75) is 6.92 Å². The first-order valence-electron chi connectivity index (χ1n) is 9.10. The molecule has 3 aromatic rings. The minimum Gasteiger partial charge on any atom is -0.490 e. The van der Waals surface area contributed by atoms with E-state index in [1.807, 2.05) is 36.4 Å². The molecule has 2 amide bonds. The number of hydrogen-bond acceptors (Lipinski definition) is 6. The molecule has 0 saturated carbocycles. The van der Waals surface area contributed by atoms with Crippen molar-refractivity contribution in [3.63, 3.8) is 0 Å². The van der Waals surface area contributed by atoms with Crippen molar-refractivity contribution in [2.24, 2.45) is 0 Å². The van der Waals surface area contributed by atoms with Crippen molar-refractivity contribution in [3.05, 3.63) is 65.9 Å². The van der Waals surface area contributed by atoms with Crippen LogP contribution in [0.3, 0.4) is 0 Å². The predicted molar refractivity (Wildman–Crippen MR) is 107 cm³/mol. The van der Waals surface area contributed by atoms with Gasteiger partial charge >= 0.3 is 0 Å². The Balaban J connectivity index is 1.52. The van der Waals surface area contributed by atoms with Gasteiger partial charge in [-0.3, -0.25) is 25.5 Å². The Hall–Kier alpha value is -4.32. The lowest BCUT2D eigenvalue weighted by Crippen LogP contribution is -2.44. The third-order valence-electron chi connectivity index (χ3n) is 3.94. The van der Waals surface area contributed by atoms with Gasteiger partial charge in [0.25, 0.3) is 11.8 Å². The highest BCUT2D eigenvalue weighted by atomic mass is 16.5. The maximum Gasteiger partial charge on any atom is 0.287 e. The number of benzene rings is 2. The van der Waals surface area contributed by atoms with Crippen molar-refractivity contribution < 1.29 is 19.1 Å².